The molecule has 5 aromatic rings. The summed E-state index contributed by atoms with van der Waals surface area (Å²) in [5.74, 6) is -3.26. The van der Waals surface area contributed by atoms with E-state index in [1.165, 1.54) is 42.5 Å². The topological polar surface area (TPSA) is 153 Å². The molecule has 0 aliphatic carbocycles. The number of hydrogen-bond acceptors (Lipinski definition) is 8. The maximum atomic E-state index is 14.1. The van der Waals surface area contributed by atoms with Crippen LogP contribution >= 0.6 is 0 Å². The van der Waals surface area contributed by atoms with Crippen LogP contribution in [0, 0.1) is 18.6 Å². The number of H-pyrrole nitrogens is 1. The minimum Gasteiger partial charge on any atom is -0.490 e. The standard InChI is InChI=1S/C36H33F2N3O8S/c1-3-47-36(44)31(41-50(45,46)26-15-8-22(2)9-16-26)21-39-35(43)23-10-13-25(14-11-23)48-18-19-49-34-32(24-12-17-28(37)29(38)20-24)40-30-7-5-4-6-27(30)33(34)42/h4-17,20,31,41H,3,18-19,21H2,1-2H3,(H,39,43)(H,40,42). The second-order valence-corrected chi connectivity index (χ2v) is 12.7. The summed E-state index contributed by atoms with van der Waals surface area (Å²) < 4.78 is 72.3. The van der Waals surface area contributed by atoms with E-state index in [0.717, 1.165) is 17.7 Å². The van der Waals surface area contributed by atoms with Crippen molar-refractivity contribution in [2.75, 3.05) is 26.4 Å². The number of ether oxygens (including phenoxy) is 3. The number of sulfonamides is 1. The largest absolute Gasteiger partial charge is 0.490 e. The van der Waals surface area contributed by atoms with Crippen LogP contribution in [0.3, 0.4) is 0 Å². The molecule has 260 valence electrons. The predicted octanol–water partition coefficient (Wildman–Crippen LogP) is 4.88. The molecule has 0 bridgehead atoms. The van der Waals surface area contributed by atoms with Crippen LogP contribution in [0.25, 0.3) is 22.2 Å². The van der Waals surface area contributed by atoms with E-state index in [0.29, 0.717) is 16.7 Å². The van der Waals surface area contributed by atoms with Crippen LogP contribution in [0.4, 0.5) is 8.78 Å². The smallest absolute Gasteiger partial charge is 0.326 e. The second-order valence-electron chi connectivity index (χ2n) is 11.0. The first-order chi connectivity index (χ1) is 24.0. The van der Waals surface area contributed by atoms with E-state index < -0.39 is 45.0 Å². The number of halogens is 2. The van der Waals surface area contributed by atoms with E-state index in [9.17, 15) is 31.6 Å². The van der Waals surface area contributed by atoms with Gasteiger partial charge in [0.1, 0.15) is 25.0 Å². The Bertz CT molecular complexity index is 2170. The number of pyridine rings is 1. The molecule has 4 aromatic carbocycles. The molecule has 1 heterocycles. The molecule has 0 saturated carbocycles. The van der Waals surface area contributed by atoms with Crippen LogP contribution in [-0.2, 0) is 19.6 Å². The maximum absolute atomic E-state index is 14.1. The zero-order valence-electron chi connectivity index (χ0n) is 27.0. The van der Waals surface area contributed by atoms with Crippen molar-refractivity contribution in [3.63, 3.8) is 0 Å². The van der Waals surface area contributed by atoms with Gasteiger partial charge in [-0.2, -0.15) is 4.72 Å². The van der Waals surface area contributed by atoms with Crippen LogP contribution in [0.2, 0.25) is 0 Å². The molecule has 1 amide bonds. The molecule has 0 aliphatic rings. The highest BCUT2D eigenvalue weighted by Crippen LogP contribution is 2.29. The first-order valence-electron chi connectivity index (χ1n) is 15.5. The van der Waals surface area contributed by atoms with Crippen LogP contribution < -0.4 is 24.9 Å². The third-order valence-corrected chi connectivity index (χ3v) is 8.94. The summed E-state index contributed by atoms with van der Waals surface area (Å²) in [6, 6.07) is 20.6. The number of aryl methyl sites for hydroxylation is 1. The average Bonchev–Trinajstić information content (AvgIpc) is 3.10. The minimum atomic E-state index is -4.10. The quantitative estimate of drug-likeness (QED) is 0.109. The number of benzene rings is 4. The number of nitrogens with one attached hydrogen (secondary N) is 3. The molecule has 0 saturated heterocycles. The lowest BCUT2D eigenvalue weighted by atomic mass is 10.1. The molecular weight excluding hydrogens is 672 g/mol. The van der Waals surface area contributed by atoms with E-state index >= 15 is 0 Å². The number of esters is 1. The summed E-state index contributed by atoms with van der Waals surface area (Å²) in [5, 5.41) is 2.90. The predicted molar refractivity (Wildman–Crippen MR) is 182 cm³/mol. The zero-order valence-corrected chi connectivity index (χ0v) is 27.8. The van der Waals surface area contributed by atoms with Crippen LogP contribution in [0.5, 0.6) is 11.5 Å². The lowest BCUT2D eigenvalue weighted by Crippen LogP contribution is -2.49. The molecule has 1 atom stereocenters. The number of para-hydroxylation sites is 1. The van der Waals surface area contributed by atoms with Crippen molar-refractivity contribution >= 4 is 32.8 Å². The van der Waals surface area contributed by atoms with Crippen LogP contribution in [-0.4, -0.2) is 57.7 Å². The van der Waals surface area contributed by atoms with Crippen molar-refractivity contribution in [1.29, 1.82) is 0 Å². The lowest BCUT2D eigenvalue weighted by Gasteiger charge is -2.18. The summed E-state index contributed by atoms with van der Waals surface area (Å²) in [7, 11) is -4.10. The molecular formula is C36H33F2N3O8S. The van der Waals surface area contributed by atoms with Gasteiger partial charge >= 0.3 is 5.97 Å². The minimum absolute atomic E-state index is 0.0101. The second kappa shape index (κ2) is 15.7. The van der Waals surface area contributed by atoms with Gasteiger partial charge in [-0.25, -0.2) is 17.2 Å². The highest BCUT2D eigenvalue weighted by atomic mass is 32.2. The molecule has 0 aliphatic heterocycles. The summed E-state index contributed by atoms with van der Waals surface area (Å²) in [5.41, 5.74) is 1.50. The number of aromatic amines is 1. The Morgan fingerprint density at radius 2 is 1.58 bits per heavy atom. The Hall–Kier alpha value is -5.60. The molecule has 0 spiro atoms. The van der Waals surface area contributed by atoms with Crippen LogP contribution in [0.1, 0.15) is 22.8 Å². The van der Waals surface area contributed by atoms with Crippen molar-refractivity contribution in [1.82, 2.24) is 15.0 Å². The van der Waals surface area contributed by atoms with E-state index in [-0.39, 0.29) is 53.8 Å². The van der Waals surface area contributed by atoms with E-state index in [1.807, 2.05) is 6.92 Å². The molecule has 0 fully saturated rings. The van der Waals surface area contributed by atoms with Crippen molar-refractivity contribution < 1.29 is 41.0 Å². The highest BCUT2D eigenvalue weighted by molar-refractivity contribution is 7.89. The SMILES string of the molecule is CCOC(=O)C(CNC(=O)c1ccc(OCCOc2c(-c3ccc(F)c(F)c3)[nH]c3ccccc3c2=O)cc1)NS(=O)(=O)c1ccc(C)cc1. The Balaban J connectivity index is 1.20. The Morgan fingerprint density at radius 3 is 2.28 bits per heavy atom. The van der Waals surface area contributed by atoms with Gasteiger partial charge in [0.15, 0.2) is 17.4 Å². The molecule has 1 aromatic heterocycles. The monoisotopic (exact) mass is 705 g/mol. The fourth-order valence-corrected chi connectivity index (χ4v) is 6.09. The summed E-state index contributed by atoms with van der Waals surface area (Å²) in [6.07, 6.45) is 0. The molecule has 50 heavy (non-hydrogen) atoms. The number of aromatic nitrogens is 1. The number of carbonyl (C=O) groups is 2. The third-order valence-electron chi connectivity index (χ3n) is 7.45. The molecule has 1 unspecified atom stereocenters. The number of hydrogen-bond donors (Lipinski definition) is 3. The number of amides is 1. The molecule has 5 rings (SSSR count). The third kappa shape index (κ3) is 8.51. The highest BCUT2D eigenvalue weighted by Gasteiger charge is 2.27. The van der Waals surface area contributed by atoms with Gasteiger partial charge in [-0.3, -0.25) is 14.4 Å². The van der Waals surface area contributed by atoms with Gasteiger partial charge in [-0.05, 0) is 80.6 Å². The van der Waals surface area contributed by atoms with Gasteiger partial charge < -0.3 is 24.5 Å². The zero-order chi connectivity index (χ0) is 35.8. The maximum Gasteiger partial charge on any atom is 0.326 e. The number of rotatable bonds is 14. The first kappa shape index (κ1) is 35.7. The molecule has 11 nitrogen and oxygen atoms in total. The van der Waals surface area contributed by atoms with Gasteiger partial charge in [0.2, 0.25) is 15.5 Å². The Morgan fingerprint density at radius 1 is 0.880 bits per heavy atom. The van der Waals surface area contributed by atoms with Gasteiger partial charge in [0.05, 0.1) is 17.2 Å². The van der Waals surface area contributed by atoms with Crippen molar-refractivity contribution in [2.45, 2.75) is 24.8 Å². The van der Waals surface area contributed by atoms with Crippen LogP contribution in [0.15, 0.2) is 101 Å². The number of carbonyl (C=O) groups excluding carboxylic acids is 2. The fraction of sp³-hybridized carbons (Fsp3) is 0.194. The van der Waals surface area contributed by atoms with Crippen molar-refractivity contribution in [3.8, 4) is 22.8 Å². The van der Waals surface area contributed by atoms with Crippen molar-refractivity contribution in [2.24, 2.45) is 0 Å². The van der Waals surface area contributed by atoms with E-state index in [2.05, 4.69) is 15.0 Å². The van der Waals surface area contributed by atoms with Gasteiger partial charge in [0.25, 0.3) is 5.91 Å². The number of fused-ring (bicyclic) bond motifs is 1. The summed E-state index contributed by atoms with van der Waals surface area (Å²) >= 11 is 0. The molecule has 3 N–H and O–H groups in total. The summed E-state index contributed by atoms with van der Waals surface area (Å²) in [6.45, 7) is 2.91. The average molecular weight is 706 g/mol. The van der Waals surface area contributed by atoms with Gasteiger partial charge in [-0.15, -0.1) is 0 Å². The Labute approximate surface area is 286 Å². The Kier molecular flexibility index (Phi) is 11.2. The van der Waals surface area contributed by atoms with E-state index in [4.69, 9.17) is 14.2 Å². The van der Waals surface area contributed by atoms with Gasteiger partial charge in [0, 0.05) is 28.6 Å². The fourth-order valence-electron chi connectivity index (χ4n) is 4.90. The summed E-state index contributed by atoms with van der Waals surface area (Å²) in [4.78, 5) is 41.7. The van der Waals surface area contributed by atoms with E-state index in [1.54, 1.807) is 43.3 Å². The molecule has 0 radical (unpaired) electrons. The van der Waals surface area contributed by atoms with Crippen molar-refractivity contribution in [3.05, 3.63) is 124 Å². The lowest BCUT2D eigenvalue weighted by molar-refractivity contribution is -0.144. The molecule has 14 heteroatoms. The first-order valence-corrected chi connectivity index (χ1v) is 16.9. The van der Waals surface area contributed by atoms with Gasteiger partial charge in [-0.1, -0.05) is 29.8 Å². The normalized spacial score (nSPS) is 11.9.